The molecule has 0 saturated heterocycles. The molecule has 0 aliphatic rings. The largest absolute Gasteiger partial charge is 0.497 e. The number of hydrogen-bond acceptors (Lipinski definition) is 5. The fourth-order valence-electron chi connectivity index (χ4n) is 3.42. The van der Waals surface area contributed by atoms with Gasteiger partial charge in [0.2, 0.25) is 0 Å². The molecule has 0 amide bonds. The Morgan fingerprint density at radius 1 is 1.10 bits per heavy atom. The highest BCUT2D eigenvalue weighted by atomic mass is 28.4. The molecular weight excluding hydrogens is 396 g/mol. The van der Waals surface area contributed by atoms with Crippen molar-refractivity contribution in [3.63, 3.8) is 0 Å². The molecule has 0 bridgehead atoms. The minimum atomic E-state index is -1.83. The smallest absolute Gasteiger partial charge is 0.330 e. The van der Waals surface area contributed by atoms with Crippen LogP contribution in [0.1, 0.15) is 39.2 Å². The molecule has 0 radical (unpaired) electrons. The van der Waals surface area contributed by atoms with Gasteiger partial charge in [0.25, 0.3) is 0 Å². The fourth-order valence-corrected chi connectivity index (χ4v) is 6.28. The maximum absolute atomic E-state index is 11.8. The van der Waals surface area contributed by atoms with Crippen LogP contribution in [0, 0.1) is 0 Å². The lowest BCUT2D eigenvalue weighted by atomic mass is 10.0. The summed E-state index contributed by atoms with van der Waals surface area (Å²) in [5.41, 5.74) is 2.03. The van der Waals surface area contributed by atoms with Crippen molar-refractivity contribution in [3.8, 4) is 5.75 Å². The van der Waals surface area contributed by atoms with Crippen molar-refractivity contribution in [3.05, 3.63) is 54.1 Å². The van der Waals surface area contributed by atoms with E-state index in [4.69, 9.17) is 18.6 Å². The molecule has 6 heteroatoms. The van der Waals surface area contributed by atoms with Gasteiger partial charge >= 0.3 is 5.97 Å². The van der Waals surface area contributed by atoms with Crippen LogP contribution < -0.4 is 4.74 Å². The van der Waals surface area contributed by atoms with Crippen molar-refractivity contribution in [2.75, 3.05) is 20.8 Å². The van der Waals surface area contributed by atoms with Crippen LogP contribution in [0.3, 0.4) is 0 Å². The number of hydrogen-bond donors (Lipinski definition) is 0. The Balaban J connectivity index is 2.90. The van der Waals surface area contributed by atoms with Gasteiger partial charge in [-0.05, 0) is 48.7 Å². The summed E-state index contributed by atoms with van der Waals surface area (Å²) in [4.78, 5) is 11.8. The van der Waals surface area contributed by atoms with Crippen LogP contribution in [0.4, 0.5) is 0 Å². The molecule has 5 nitrogen and oxygen atoms in total. The van der Waals surface area contributed by atoms with Gasteiger partial charge in [0.05, 0.1) is 33.5 Å². The van der Waals surface area contributed by atoms with E-state index in [2.05, 4.69) is 27.4 Å². The van der Waals surface area contributed by atoms with E-state index in [1.807, 2.05) is 24.3 Å². The topological polar surface area (TPSA) is 54.0 Å². The third kappa shape index (κ3) is 8.86. The predicted octanol–water partition coefficient (Wildman–Crippen LogP) is 5.67. The highest BCUT2D eigenvalue weighted by Gasteiger charge is 2.32. The summed E-state index contributed by atoms with van der Waals surface area (Å²) < 4.78 is 22.8. The molecule has 30 heavy (non-hydrogen) atoms. The van der Waals surface area contributed by atoms with Crippen LogP contribution in [-0.4, -0.2) is 41.2 Å². The van der Waals surface area contributed by atoms with Gasteiger partial charge in [0.15, 0.2) is 8.32 Å². The molecule has 0 saturated carbocycles. The Labute approximate surface area is 183 Å². The Morgan fingerprint density at radius 3 is 2.23 bits per heavy atom. The van der Waals surface area contributed by atoms with E-state index >= 15 is 0 Å². The van der Waals surface area contributed by atoms with Gasteiger partial charge in [-0.2, -0.15) is 0 Å². The molecule has 0 aliphatic carbocycles. The summed E-state index contributed by atoms with van der Waals surface area (Å²) in [7, 11) is 1.22. The molecule has 0 fully saturated rings. The lowest BCUT2D eigenvalue weighted by molar-refractivity contribution is -0.134. The van der Waals surface area contributed by atoms with Crippen molar-refractivity contribution in [1.82, 2.24) is 0 Å². The van der Waals surface area contributed by atoms with Crippen molar-refractivity contribution < 1.29 is 23.4 Å². The molecule has 0 N–H and O–H groups in total. The van der Waals surface area contributed by atoms with Crippen LogP contribution in [0.25, 0.3) is 0 Å². The van der Waals surface area contributed by atoms with Crippen LogP contribution in [-0.2, 0) is 25.3 Å². The van der Waals surface area contributed by atoms with E-state index < -0.39 is 8.32 Å². The van der Waals surface area contributed by atoms with E-state index in [1.165, 1.54) is 7.11 Å². The quantitative estimate of drug-likeness (QED) is 0.154. The standard InChI is InChI=1S/C24H38O5Si/c1-7-11-21(17-24(25)27-6)16-23(29-30(8-2,9-3)10-4)19-28-18-20-12-14-22(26-5)15-13-20/h7,12-15,17,23H,1,8-11,16,18-19H2,2-6H3/b21-17-/t23-/m1/s1. The lowest BCUT2D eigenvalue weighted by Gasteiger charge is -2.33. The molecule has 0 heterocycles. The molecule has 1 aromatic carbocycles. The Kier molecular flexibility index (Phi) is 12.3. The average Bonchev–Trinajstić information content (AvgIpc) is 2.77. The summed E-state index contributed by atoms with van der Waals surface area (Å²) in [5, 5.41) is 0. The highest BCUT2D eigenvalue weighted by Crippen LogP contribution is 2.26. The van der Waals surface area contributed by atoms with Crippen molar-refractivity contribution in [2.45, 2.75) is 64.5 Å². The third-order valence-electron chi connectivity index (χ3n) is 5.50. The number of methoxy groups -OCH3 is 2. The minimum absolute atomic E-state index is 0.106. The third-order valence-corrected chi connectivity index (χ3v) is 10.2. The molecule has 1 aromatic rings. The number of benzene rings is 1. The Hall–Kier alpha value is -1.89. The van der Waals surface area contributed by atoms with E-state index in [-0.39, 0.29) is 12.1 Å². The molecular formula is C24H38O5Si. The second-order valence-corrected chi connectivity index (χ2v) is 12.1. The van der Waals surface area contributed by atoms with E-state index in [0.29, 0.717) is 26.1 Å². The predicted molar refractivity (Wildman–Crippen MR) is 124 cm³/mol. The monoisotopic (exact) mass is 434 g/mol. The summed E-state index contributed by atoms with van der Waals surface area (Å²) in [6, 6.07) is 11.0. The number of esters is 1. The first kappa shape index (κ1) is 26.1. The van der Waals surface area contributed by atoms with Crippen molar-refractivity contribution >= 4 is 14.3 Å². The lowest BCUT2D eigenvalue weighted by Crippen LogP contribution is -2.41. The maximum Gasteiger partial charge on any atom is 0.330 e. The van der Waals surface area contributed by atoms with E-state index in [9.17, 15) is 4.79 Å². The van der Waals surface area contributed by atoms with Crippen LogP contribution in [0.15, 0.2) is 48.6 Å². The molecule has 0 aromatic heterocycles. The maximum atomic E-state index is 11.8. The second kappa shape index (κ2) is 14.2. The highest BCUT2D eigenvalue weighted by molar-refractivity contribution is 6.73. The van der Waals surface area contributed by atoms with Crippen molar-refractivity contribution in [1.29, 1.82) is 0 Å². The van der Waals surface area contributed by atoms with Crippen LogP contribution in [0.5, 0.6) is 5.75 Å². The minimum Gasteiger partial charge on any atom is -0.497 e. The first-order valence-corrected chi connectivity index (χ1v) is 13.2. The molecule has 168 valence electrons. The van der Waals surface area contributed by atoms with Gasteiger partial charge in [-0.15, -0.1) is 6.58 Å². The molecule has 0 spiro atoms. The normalized spacial score (nSPS) is 13.0. The first-order valence-electron chi connectivity index (χ1n) is 10.7. The molecule has 1 atom stereocenters. The summed E-state index contributed by atoms with van der Waals surface area (Å²) in [5.74, 6) is 0.473. The molecule has 0 unspecified atom stereocenters. The summed E-state index contributed by atoms with van der Waals surface area (Å²) >= 11 is 0. The fraction of sp³-hybridized carbons (Fsp3) is 0.542. The molecule has 1 rings (SSSR count). The van der Waals surface area contributed by atoms with Crippen LogP contribution >= 0.6 is 0 Å². The Bertz CT molecular complexity index is 656. The van der Waals surface area contributed by atoms with E-state index in [0.717, 1.165) is 35.0 Å². The van der Waals surface area contributed by atoms with Gasteiger partial charge in [-0.3, -0.25) is 0 Å². The van der Waals surface area contributed by atoms with Gasteiger partial charge in [0.1, 0.15) is 5.75 Å². The zero-order chi connectivity index (χ0) is 22.4. The van der Waals surface area contributed by atoms with Gasteiger partial charge in [-0.25, -0.2) is 4.79 Å². The molecule has 0 aliphatic heterocycles. The summed E-state index contributed by atoms with van der Waals surface area (Å²) in [6.45, 7) is 11.4. The van der Waals surface area contributed by atoms with Gasteiger partial charge in [-0.1, -0.05) is 44.6 Å². The number of carbonyl (C=O) groups is 1. The van der Waals surface area contributed by atoms with E-state index in [1.54, 1.807) is 19.3 Å². The van der Waals surface area contributed by atoms with Gasteiger partial charge in [0, 0.05) is 6.08 Å². The number of carbonyl (C=O) groups excluding carboxylic acids is 1. The SMILES string of the molecule is C=CC/C(=C/C(=O)OC)C[C@H](COCc1ccc(OC)cc1)O[Si](CC)(CC)CC. The number of ether oxygens (including phenoxy) is 3. The second-order valence-electron chi connectivity index (χ2n) is 7.37. The number of allylic oxidation sites excluding steroid dienone is 1. The van der Waals surface area contributed by atoms with Crippen molar-refractivity contribution in [2.24, 2.45) is 0 Å². The number of rotatable bonds is 15. The Morgan fingerprint density at radius 2 is 1.73 bits per heavy atom. The van der Waals surface area contributed by atoms with Crippen LogP contribution in [0.2, 0.25) is 18.1 Å². The first-order chi connectivity index (χ1) is 14.4. The van der Waals surface area contributed by atoms with Gasteiger partial charge < -0.3 is 18.6 Å². The average molecular weight is 435 g/mol. The zero-order valence-corrected chi connectivity index (χ0v) is 20.2. The summed E-state index contributed by atoms with van der Waals surface area (Å²) in [6.07, 6.45) is 4.48. The zero-order valence-electron chi connectivity index (χ0n) is 19.2.